The maximum absolute atomic E-state index is 10.7. The number of benzene rings is 1. The van der Waals surface area contributed by atoms with Crippen molar-refractivity contribution in [3.05, 3.63) is 24.3 Å². The van der Waals surface area contributed by atoms with Crippen LogP contribution >= 0.6 is 0 Å². The van der Waals surface area contributed by atoms with Crippen LogP contribution in [0.2, 0.25) is 0 Å². The second-order valence-corrected chi connectivity index (χ2v) is 4.70. The summed E-state index contributed by atoms with van der Waals surface area (Å²) in [6.07, 6.45) is 4.63. The van der Waals surface area contributed by atoms with Gasteiger partial charge in [0.25, 0.3) is 5.91 Å². The first-order chi connectivity index (χ1) is 9.15. The molecule has 1 amide bonds. The van der Waals surface area contributed by atoms with Gasteiger partial charge in [0.2, 0.25) is 0 Å². The minimum Gasteiger partial charge on any atom is -0.484 e. The molecule has 0 bridgehead atoms. The molecule has 3 N–H and O–H groups in total. The van der Waals surface area contributed by atoms with E-state index in [-0.39, 0.29) is 6.61 Å². The fraction of sp³-hybridized carbons (Fsp3) is 0.533. The van der Waals surface area contributed by atoms with E-state index in [0.29, 0.717) is 11.8 Å². The number of nitrogens with one attached hydrogen (secondary N) is 1. The Balaban J connectivity index is 2.61. The van der Waals surface area contributed by atoms with Crippen LogP contribution in [-0.4, -0.2) is 18.6 Å². The third kappa shape index (κ3) is 6.13. The number of nitrogens with two attached hydrogens (primary N) is 1. The summed E-state index contributed by atoms with van der Waals surface area (Å²) in [5, 5.41) is 3.51. The van der Waals surface area contributed by atoms with Crippen LogP contribution in [0.5, 0.6) is 5.75 Å². The second kappa shape index (κ2) is 8.40. The van der Waals surface area contributed by atoms with Crippen LogP contribution in [0.1, 0.15) is 39.5 Å². The van der Waals surface area contributed by atoms with Crippen LogP contribution in [0.3, 0.4) is 0 Å². The van der Waals surface area contributed by atoms with Crippen molar-refractivity contribution in [2.45, 2.75) is 45.6 Å². The normalized spacial score (nSPS) is 10.5. The van der Waals surface area contributed by atoms with Gasteiger partial charge < -0.3 is 15.8 Å². The van der Waals surface area contributed by atoms with Crippen LogP contribution in [0.15, 0.2) is 24.3 Å². The zero-order chi connectivity index (χ0) is 14.1. The number of hydrogen-bond acceptors (Lipinski definition) is 3. The smallest absolute Gasteiger partial charge is 0.255 e. The maximum atomic E-state index is 10.7. The van der Waals surface area contributed by atoms with Crippen LogP contribution < -0.4 is 15.8 Å². The van der Waals surface area contributed by atoms with E-state index < -0.39 is 5.91 Å². The Hall–Kier alpha value is -1.71. The second-order valence-electron chi connectivity index (χ2n) is 4.70. The highest BCUT2D eigenvalue weighted by atomic mass is 16.5. The van der Waals surface area contributed by atoms with Gasteiger partial charge in [-0.05, 0) is 25.0 Å². The zero-order valence-corrected chi connectivity index (χ0v) is 11.8. The molecule has 1 rings (SSSR count). The molecule has 0 aromatic heterocycles. The van der Waals surface area contributed by atoms with E-state index >= 15 is 0 Å². The summed E-state index contributed by atoms with van der Waals surface area (Å²) in [5.41, 5.74) is 6.08. The number of amides is 1. The van der Waals surface area contributed by atoms with Crippen LogP contribution in [0.4, 0.5) is 5.69 Å². The number of rotatable bonds is 9. The highest BCUT2D eigenvalue weighted by Crippen LogP contribution is 2.20. The van der Waals surface area contributed by atoms with Crippen molar-refractivity contribution < 1.29 is 9.53 Å². The maximum Gasteiger partial charge on any atom is 0.255 e. The molecule has 0 aliphatic heterocycles. The molecule has 0 unspecified atom stereocenters. The lowest BCUT2D eigenvalue weighted by molar-refractivity contribution is -0.119. The Morgan fingerprint density at radius 2 is 2.00 bits per heavy atom. The van der Waals surface area contributed by atoms with Crippen molar-refractivity contribution in [1.29, 1.82) is 0 Å². The Labute approximate surface area is 115 Å². The Morgan fingerprint density at radius 3 is 2.58 bits per heavy atom. The summed E-state index contributed by atoms with van der Waals surface area (Å²) in [7, 11) is 0. The molecule has 106 valence electrons. The van der Waals surface area contributed by atoms with Crippen molar-refractivity contribution in [2.24, 2.45) is 5.73 Å². The molecule has 4 heteroatoms. The van der Waals surface area contributed by atoms with Crippen LogP contribution in [0, 0.1) is 0 Å². The molecule has 0 saturated carbocycles. The van der Waals surface area contributed by atoms with Gasteiger partial charge in [0.05, 0.1) is 0 Å². The molecule has 0 aliphatic rings. The van der Waals surface area contributed by atoms with Crippen molar-refractivity contribution in [3.8, 4) is 5.75 Å². The summed E-state index contributed by atoms with van der Waals surface area (Å²) >= 11 is 0. The predicted octanol–water partition coefficient (Wildman–Crippen LogP) is 2.93. The third-order valence-corrected chi connectivity index (χ3v) is 2.86. The zero-order valence-electron chi connectivity index (χ0n) is 11.8. The van der Waals surface area contributed by atoms with Gasteiger partial charge in [0.1, 0.15) is 5.75 Å². The van der Waals surface area contributed by atoms with Gasteiger partial charge in [-0.3, -0.25) is 4.79 Å². The lowest BCUT2D eigenvalue weighted by atomic mass is 10.1. The molecule has 0 aliphatic carbocycles. The van der Waals surface area contributed by atoms with E-state index in [1.54, 1.807) is 0 Å². The number of hydrogen-bond donors (Lipinski definition) is 2. The molecule has 0 heterocycles. The van der Waals surface area contributed by atoms with Gasteiger partial charge in [-0.25, -0.2) is 0 Å². The molecule has 4 nitrogen and oxygen atoms in total. The largest absolute Gasteiger partial charge is 0.484 e. The lowest BCUT2D eigenvalue weighted by Gasteiger charge is -2.19. The summed E-state index contributed by atoms with van der Waals surface area (Å²) in [6.45, 7) is 4.30. The monoisotopic (exact) mass is 264 g/mol. The Kier molecular flexibility index (Phi) is 6.79. The number of anilines is 1. The first-order valence-electron chi connectivity index (χ1n) is 6.93. The van der Waals surface area contributed by atoms with Gasteiger partial charge >= 0.3 is 0 Å². The summed E-state index contributed by atoms with van der Waals surface area (Å²) in [5.74, 6) is 0.198. The first-order valence-corrected chi connectivity index (χ1v) is 6.93. The standard InChI is InChI=1S/C15H24N2O2/c1-3-6-12(7-4-2)17-13-8-5-9-14(10-13)19-11-15(16)18/h5,8-10,12,17H,3-4,6-7,11H2,1-2H3,(H2,16,18). The van der Waals surface area contributed by atoms with Gasteiger partial charge in [-0.2, -0.15) is 0 Å². The van der Waals surface area contributed by atoms with Gasteiger partial charge in [0, 0.05) is 17.8 Å². The quantitative estimate of drug-likeness (QED) is 0.720. The third-order valence-electron chi connectivity index (χ3n) is 2.86. The summed E-state index contributed by atoms with van der Waals surface area (Å²) in [4.78, 5) is 10.7. The molecule has 0 fully saturated rings. The fourth-order valence-corrected chi connectivity index (χ4v) is 2.05. The molecule has 19 heavy (non-hydrogen) atoms. The molecule has 0 saturated heterocycles. The molecule has 0 atom stereocenters. The average molecular weight is 264 g/mol. The number of ether oxygens (including phenoxy) is 1. The summed E-state index contributed by atoms with van der Waals surface area (Å²) < 4.78 is 5.30. The van der Waals surface area contributed by atoms with Crippen molar-refractivity contribution in [1.82, 2.24) is 0 Å². The Bertz CT molecular complexity index is 387. The van der Waals surface area contributed by atoms with Crippen molar-refractivity contribution >= 4 is 11.6 Å². The predicted molar refractivity (Wildman–Crippen MR) is 78.4 cm³/mol. The van der Waals surface area contributed by atoms with Crippen molar-refractivity contribution in [2.75, 3.05) is 11.9 Å². The molecule has 1 aromatic carbocycles. The van der Waals surface area contributed by atoms with E-state index in [0.717, 1.165) is 31.4 Å². The van der Waals surface area contributed by atoms with E-state index in [4.69, 9.17) is 10.5 Å². The van der Waals surface area contributed by atoms with Crippen molar-refractivity contribution in [3.63, 3.8) is 0 Å². The number of primary amides is 1. The topological polar surface area (TPSA) is 64.3 Å². The van der Waals surface area contributed by atoms with Gasteiger partial charge in [-0.15, -0.1) is 0 Å². The lowest BCUT2D eigenvalue weighted by Crippen LogP contribution is -2.20. The molecular weight excluding hydrogens is 240 g/mol. The van der Waals surface area contributed by atoms with Gasteiger partial charge in [0.15, 0.2) is 6.61 Å². The molecule has 0 radical (unpaired) electrons. The minimum absolute atomic E-state index is 0.0865. The highest BCUT2D eigenvalue weighted by Gasteiger charge is 2.07. The number of carbonyl (C=O) groups is 1. The molecule has 0 spiro atoms. The summed E-state index contributed by atoms with van der Waals surface area (Å²) in [6, 6.07) is 8.13. The van der Waals surface area contributed by atoms with Gasteiger partial charge in [-0.1, -0.05) is 32.8 Å². The van der Waals surface area contributed by atoms with Crippen LogP contribution in [-0.2, 0) is 4.79 Å². The average Bonchev–Trinajstić information content (AvgIpc) is 2.37. The van der Waals surface area contributed by atoms with E-state index in [1.807, 2.05) is 24.3 Å². The molecule has 1 aromatic rings. The first kappa shape index (κ1) is 15.3. The minimum atomic E-state index is -0.465. The Morgan fingerprint density at radius 1 is 1.32 bits per heavy atom. The SMILES string of the molecule is CCCC(CCC)Nc1cccc(OCC(N)=O)c1. The van der Waals surface area contributed by atoms with E-state index in [2.05, 4.69) is 19.2 Å². The molecular formula is C15H24N2O2. The fourth-order valence-electron chi connectivity index (χ4n) is 2.05. The van der Waals surface area contributed by atoms with E-state index in [1.165, 1.54) is 0 Å². The highest BCUT2D eigenvalue weighted by molar-refractivity contribution is 5.75. The van der Waals surface area contributed by atoms with E-state index in [9.17, 15) is 4.79 Å². The number of carbonyl (C=O) groups excluding carboxylic acids is 1. The van der Waals surface area contributed by atoms with Crippen LogP contribution in [0.25, 0.3) is 0 Å².